The Morgan fingerprint density at radius 3 is 1.34 bits per heavy atom. The number of rotatable bonds is 24. The van der Waals surface area contributed by atoms with Gasteiger partial charge in [-0.3, -0.25) is 9.78 Å². The van der Waals surface area contributed by atoms with E-state index in [0.29, 0.717) is 11.5 Å². The fourth-order valence-electron chi connectivity index (χ4n) is 5.00. The molecule has 2 rings (SSSR count). The van der Waals surface area contributed by atoms with Crippen molar-refractivity contribution in [2.45, 2.75) is 129 Å². The summed E-state index contributed by atoms with van der Waals surface area (Å²) in [7, 11) is 0. The summed E-state index contributed by atoms with van der Waals surface area (Å²) in [6.07, 6.45) is 15.2. The van der Waals surface area contributed by atoms with E-state index in [1.54, 1.807) is 12.1 Å². The zero-order chi connectivity index (χ0) is 29.7. The number of aryl methyl sites for hydroxylation is 2. The summed E-state index contributed by atoms with van der Waals surface area (Å²) < 4.78 is 0. The second kappa shape index (κ2) is 21.5. The zero-order valence-electron chi connectivity index (χ0n) is 25.4. The third-order valence-electron chi connectivity index (χ3n) is 7.47. The number of benzene rings is 2. The fourth-order valence-corrected chi connectivity index (χ4v) is 5.00. The molecular formula is C34H54O7. The van der Waals surface area contributed by atoms with Crippen molar-refractivity contribution in [3.05, 3.63) is 58.7 Å². The van der Waals surface area contributed by atoms with Gasteiger partial charge in [0.15, 0.2) is 11.5 Å². The third-order valence-corrected chi connectivity index (χ3v) is 7.47. The lowest BCUT2D eigenvalue weighted by atomic mass is 10.00. The average Bonchev–Trinajstić information content (AvgIpc) is 2.98. The van der Waals surface area contributed by atoms with Crippen molar-refractivity contribution >= 4 is 0 Å². The van der Waals surface area contributed by atoms with Crippen molar-refractivity contribution in [1.29, 1.82) is 0 Å². The lowest BCUT2D eigenvalue weighted by Crippen LogP contribution is -2.17. The van der Waals surface area contributed by atoms with Gasteiger partial charge in [-0.2, -0.15) is 0 Å². The van der Waals surface area contributed by atoms with Crippen LogP contribution in [0.15, 0.2) is 36.4 Å². The highest BCUT2D eigenvalue weighted by atomic mass is 17.5. The number of unbranched alkanes of at least 4 members (excludes halogenated alkanes) is 10. The molecule has 0 heterocycles. The van der Waals surface area contributed by atoms with Gasteiger partial charge in [0, 0.05) is 29.0 Å². The summed E-state index contributed by atoms with van der Waals surface area (Å²) in [5.41, 5.74) is 3.75. The molecular weight excluding hydrogens is 520 g/mol. The fraction of sp³-hybridized carbons (Fsp3) is 0.647. The first-order valence-electron chi connectivity index (χ1n) is 15.8. The van der Waals surface area contributed by atoms with Gasteiger partial charge in [-0.1, -0.05) is 102 Å². The number of hydrogen-bond donors (Lipinski definition) is 4. The average molecular weight is 575 g/mol. The van der Waals surface area contributed by atoms with Crippen LogP contribution in [0.5, 0.6) is 11.5 Å². The largest absolute Gasteiger partial charge is 0.394 e. The molecule has 0 fully saturated rings. The Labute approximate surface area is 247 Å². The molecule has 0 aliphatic carbocycles. The van der Waals surface area contributed by atoms with Crippen molar-refractivity contribution in [3.63, 3.8) is 0 Å². The van der Waals surface area contributed by atoms with Crippen LogP contribution in [0, 0.1) is 0 Å². The van der Waals surface area contributed by atoms with Gasteiger partial charge in [0.2, 0.25) is 0 Å². The molecule has 2 aromatic rings. The quantitative estimate of drug-likeness (QED) is 0.0636. The van der Waals surface area contributed by atoms with Crippen LogP contribution in [0.3, 0.4) is 0 Å². The van der Waals surface area contributed by atoms with Crippen LogP contribution in [-0.4, -0.2) is 45.8 Å². The molecule has 0 saturated carbocycles. The summed E-state index contributed by atoms with van der Waals surface area (Å²) in [5.74, 6) is 0.807. The molecule has 0 bridgehead atoms. The summed E-state index contributed by atoms with van der Waals surface area (Å²) in [6, 6.07) is 11.6. The van der Waals surface area contributed by atoms with Crippen molar-refractivity contribution in [2.24, 2.45) is 0 Å². The van der Waals surface area contributed by atoms with Crippen LogP contribution in [0.1, 0.15) is 113 Å². The highest BCUT2D eigenvalue weighted by Gasteiger charge is 2.15. The zero-order valence-corrected chi connectivity index (χ0v) is 25.4. The Hall–Kier alpha value is -2.16. The second-order valence-corrected chi connectivity index (χ2v) is 11.2. The molecule has 41 heavy (non-hydrogen) atoms. The molecule has 0 aromatic heterocycles. The standard InChI is InChI=1S/C34H54O7/c1-3-5-7-9-11-13-15-27-17-19-33(29(21-27)23-31(37)25-35)39-41-40-34-20-18-28(16-14-12-10-8-6-4-2)22-30(34)24-32(38)26-36/h17-22,31-32,35-38H,3-16,23-26H2,1-2H3. The molecule has 0 radical (unpaired) electrons. The highest BCUT2D eigenvalue weighted by Crippen LogP contribution is 2.27. The van der Waals surface area contributed by atoms with Crippen molar-refractivity contribution in [1.82, 2.24) is 0 Å². The second-order valence-electron chi connectivity index (χ2n) is 11.2. The monoisotopic (exact) mass is 574 g/mol. The van der Waals surface area contributed by atoms with Gasteiger partial charge in [0.25, 0.3) is 0 Å². The topological polar surface area (TPSA) is 109 Å². The Morgan fingerprint density at radius 1 is 0.561 bits per heavy atom. The van der Waals surface area contributed by atoms with E-state index in [1.807, 2.05) is 24.3 Å². The smallest absolute Gasteiger partial charge is 0.173 e. The maximum absolute atomic E-state index is 10.1. The Bertz CT molecular complexity index is 873. The van der Waals surface area contributed by atoms with Gasteiger partial charge >= 0.3 is 0 Å². The molecule has 2 atom stereocenters. The van der Waals surface area contributed by atoms with E-state index in [-0.39, 0.29) is 26.1 Å². The molecule has 2 unspecified atom stereocenters. The predicted molar refractivity (Wildman–Crippen MR) is 163 cm³/mol. The van der Waals surface area contributed by atoms with Gasteiger partial charge in [0.05, 0.1) is 25.4 Å². The van der Waals surface area contributed by atoms with Gasteiger partial charge in [-0.15, -0.1) is 0 Å². The molecule has 0 aliphatic rings. The molecule has 7 heteroatoms. The van der Waals surface area contributed by atoms with Crippen molar-refractivity contribution in [2.75, 3.05) is 13.2 Å². The Morgan fingerprint density at radius 2 is 0.951 bits per heavy atom. The summed E-state index contributed by atoms with van der Waals surface area (Å²) in [5, 5.41) is 44.1. The van der Waals surface area contributed by atoms with Crippen LogP contribution in [0.25, 0.3) is 0 Å². The van der Waals surface area contributed by atoms with Crippen LogP contribution < -0.4 is 9.78 Å². The molecule has 0 amide bonds. The highest BCUT2D eigenvalue weighted by molar-refractivity contribution is 5.39. The van der Waals surface area contributed by atoms with Crippen LogP contribution in [-0.2, 0) is 30.7 Å². The van der Waals surface area contributed by atoms with Gasteiger partial charge in [-0.05, 0) is 48.9 Å². The molecule has 0 saturated heterocycles. The third kappa shape index (κ3) is 14.5. The number of hydrogen-bond acceptors (Lipinski definition) is 7. The van der Waals surface area contributed by atoms with Crippen LogP contribution >= 0.6 is 0 Å². The van der Waals surface area contributed by atoms with E-state index >= 15 is 0 Å². The minimum absolute atomic E-state index is 0.223. The molecule has 2 aromatic carbocycles. The van der Waals surface area contributed by atoms with E-state index in [0.717, 1.165) is 47.9 Å². The Kier molecular flexibility index (Phi) is 18.4. The van der Waals surface area contributed by atoms with E-state index in [1.165, 1.54) is 64.2 Å². The lowest BCUT2D eigenvalue weighted by Gasteiger charge is -2.15. The summed E-state index contributed by atoms with van der Waals surface area (Å²) in [6.45, 7) is 3.74. The van der Waals surface area contributed by atoms with E-state index in [9.17, 15) is 20.4 Å². The molecule has 7 nitrogen and oxygen atoms in total. The number of aliphatic hydroxyl groups is 4. The van der Waals surface area contributed by atoms with Crippen LogP contribution in [0.4, 0.5) is 0 Å². The SMILES string of the molecule is CCCCCCCCc1ccc(OOOc2ccc(CCCCCCCC)cc2CC(O)CO)c(CC(O)CO)c1. The first-order chi connectivity index (χ1) is 20.0. The number of aliphatic hydroxyl groups excluding tert-OH is 4. The minimum atomic E-state index is -0.909. The van der Waals surface area contributed by atoms with E-state index < -0.39 is 12.2 Å². The molecule has 232 valence electrons. The maximum atomic E-state index is 10.1. The maximum Gasteiger partial charge on any atom is 0.173 e. The minimum Gasteiger partial charge on any atom is -0.394 e. The lowest BCUT2D eigenvalue weighted by molar-refractivity contribution is -0.411. The normalized spacial score (nSPS) is 12.8. The molecule has 4 N–H and O–H groups in total. The van der Waals surface area contributed by atoms with E-state index in [4.69, 9.17) is 14.8 Å². The molecule has 0 aliphatic heterocycles. The van der Waals surface area contributed by atoms with Gasteiger partial charge in [-0.25, -0.2) is 0 Å². The Balaban J connectivity index is 2.01. The van der Waals surface area contributed by atoms with Crippen LogP contribution in [0.2, 0.25) is 0 Å². The van der Waals surface area contributed by atoms with E-state index in [2.05, 4.69) is 13.8 Å². The summed E-state index contributed by atoms with van der Waals surface area (Å²) >= 11 is 0. The van der Waals surface area contributed by atoms with Gasteiger partial charge < -0.3 is 20.4 Å². The first-order valence-corrected chi connectivity index (χ1v) is 15.8. The first kappa shape index (κ1) is 35.0. The van der Waals surface area contributed by atoms with Crippen molar-refractivity contribution in [3.8, 4) is 11.5 Å². The summed E-state index contributed by atoms with van der Waals surface area (Å²) in [4.78, 5) is 11.0. The molecule has 0 spiro atoms. The van der Waals surface area contributed by atoms with Crippen molar-refractivity contribution < 1.29 is 35.2 Å². The van der Waals surface area contributed by atoms with Gasteiger partial charge in [0.1, 0.15) is 0 Å². The predicted octanol–water partition coefficient (Wildman–Crippen LogP) is 6.59.